The number of nitrogens with zero attached hydrogens (tertiary/aromatic N) is 2. The molecule has 1 heterocycles. The zero-order valence-electron chi connectivity index (χ0n) is 16.9. The van der Waals surface area contributed by atoms with E-state index in [0.29, 0.717) is 18.8 Å². The quantitative estimate of drug-likeness (QED) is 0.635. The van der Waals surface area contributed by atoms with Crippen LogP contribution < -0.4 is 14.8 Å². The number of carbonyl (C=O) groups excluding carboxylic acids is 1. The molecular weight excluding hydrogens is 396 g/mol. The first kappa shape index (κ1) is 21.9. The molecule has 1 aromatic heterocycles. The summed E-state index contributed by atoms with van der Waals surface area (Å²) in [5, 5.41) is 2.77. The summed E-state index contributed by atoms with van der Waals surface area (Å²) in [7, 11) is 0. The largest absolute Gasteiger partial charge is 0.475 e. The molecule has 0 spiro atoms. The van der Waals surface area contributed by atoms with Crippen LogP contribution in [-0.4, -0.2) is 41.2 Å². The van der Waals surface area contributed by atoms with E-state index in [1.54, 1.807) is 12.1 Å². The minimum absolute atomic E-state index is 0.0405. The van der Waals surface area contributed by atoms with Crippen molar-refractivity contribution in [1.29, 1.82) is 0 Å². The Morgan fingerprint density at radius 2 is 1.83 bits per heavy atom. The van der Waals surface area contributed by atoms with Crippen molar-refractivity contribution >= 4 is 5.91 Å². The Bertz CT molecular complexity index is 845. The smallest absolute Gasteiger partial charge is 0.258 e. The number of aromatic nitrogens is 2. The molecule has 1 amide bonds. The normalized spacial score (nSPS) is 18.9. The summed E-state index contributed by atoms with van der Waals surface area (Å²) >= 11 is 0. The summed E-state index contributed by atoms with van der Waals surface area (Å²) in [4.78, 5) is 18.6. The van der Waals surface area contributed by atoms with Crippen LogP contribution in [0, 0.1) is 17.6 Å². The van der Waals surface area contributed by atoms with Crippen LogP contribution in [0.4, 0.5) is 8.78 Å². The van der Waals surface area contributed by atoms with E-state index < -0.39 is 5.82 Å². The SMILES string of the molecule is CC(=O)N[C@@H](C)COC1CC(COc2ncnc(OCc3ccc(F)cc3)c2F)C1. The van der Waals surface area contributed by atoms with Gasteiger partial charge in [0.05, 0.1) is 19.3 Å². The van der Waals surface area contributed by atoms with Gasteiger partial charge in [-0.3, -0.25) is 4.79 Å². The standard InChI is InChI=1S/C21H25F2N3O4/c1-13(26-14(2)27)9-28-18-7-16(8-18)11-30-21-19(23)20(24-12-25-21)29-10-15-3-5-17(22)6-4-15/h3-6,12-13,16,18H,7-11H2,1-2H3,(H,26,27)/t13-,16?,18?/m0/s1. The van der Waals surface area contributed by atoms with Gasteiger partial charge in [0.1, 0.15) is 18.8 Å². The Morgan fingerprint density at radius 1 is 1.17 bits per heavy atom. The van der Waals surface area contributed by atoms with E-state index in [0.717, 1.165) is 12.8 Å². The molecule has 162 valence electrons. The third kappa shape index (κ3) is 6.35. The molecule has 9 heteroatoms. The molecule has 7 nitrogen and oxygen atoms in total. The minimum Gasteiger partial charge on any atom is -0.475 e. The van der Waals surface area contributed by atoms with Crippen molar-refractivity contribution < 1.29 is 27.8 Å². The lowest BCUT2D eigenvalue weighted by Crippen LogP contribution is -2.40. The molecule has 1 fully saturated rings. The van der Waals surface area contributed by atoms with E-state index in [1.807, 2.05) is 6.92 Å². The predicted molar refractivity (Wildman–Crippen MR) is 104 cm³/mol. The van der Waals surface area contributed by atoms with Gasteiger partial charge in [-0.1, -0.05) is 12.1 Å². The van der Waals surface area contributed by atoms with Gasteiger partial charge >= 0.3 is 0 Å². The minimum atomic E-state index is -0.768. The Hall–Kier alpha value is -2.81. The number of rotatable bonds is 10. The van der Waals surface area contributed by atoms with Crippen LogP contribution in [0.5, 0.6) is 11.8 Å². The van der Waals surface area contributed by atoms with Crippen LogP contribution in [0.3, 0.4) is 0 Å². The van der Waals surface area contributed by atoms with Gasteiger partial charge in [0.25, 0.3) is 11.8 Å². The lowest BCUT2D eigenvalue weighted by atomic mass is 9.83. The van der Waals surface area contributed by atoms with Crippen LogP contribution in [0.2, 0.25) is 0 Å². The molecule has 1 atom stereocenters. The van der Waals surface area contributed by atoms with Crippen LogP contribution in [0.1, 0.15) is 32.3 Å². The Morgan fingerprint density at radius 3 is 2.50 bits per heavy atom. The molecule has 0 aliphatic heterocycles. The van der Waals surface area contributed by atoms with Crippen molar-refractivity contribution in [3.63, 3.8) is 0 Å². The topological polar surface area (TPSA) is 82.6 Å². The molecule has 1 aliphatic carbocycles. The Labute approximate surface area is 173 Å². The summed E-state index contributed by atoms with van der Waals surface area (Å²) < 4.78 is 44.1. The summed E-state index contributed by atoms with van der Waals surface area (Å²) in [6.45, 7) is 4.17. The number of halogens is 2. The van der Waals surface area contributed by atoms with Gasteiger partial charge < -0.3 is 19.5 Å². The first-order chi connectivity index (χ1) is 14.4. The fourth-order valence-corrected chi connectivity index (χ4v) is 3.08. The highest BCUT2D eigenvalue weighted by molar-refractivity contribution is 5.73. The maximum Gasteiger partial charge on any atom is 0.258 e. The third-order valence-corrected chi connectivity index (χ3v) is 4.69. The van der Waals surface area contributed by atoms with E-state index in [1.165, 1.54) is 25.4 Å². The molecule has 1 saturated carbocycles. The number of hydrogen-bond acceptors (Lipinski definition) is 6. The number of benzene rings is 1. The number of hydrogen-bond donors (Lipinski definition) is 1. The molecule has 1 aromatic carbocycles. The highest BCUT2D eigenvalue weighted by Crippen LogP contribution is 2.31. The second-order valence-electron chi connectivity index (χ2n) is 7.42. The maximum absolute atomic E-state index is 14.5. The highest BCUT2D eigenvalue weighted by atomic mass is 19.1. The van der Waals surface area contributed by atoms with Gasteiger partial charge in [0.2, 0.25) is 11.7 Å². The van der Waals surface area contributed by atoms with Crippen molar-refractivity contribution in [3.8, 4) is 11.8 Å². The average Bonchev–Trinajstić information content (AvgIpc) is 2.67. The monoisotopic (exact) mass is 421 g/mol. The molecule has 1 aliphatic rings. The zero-order valence-corrected chi connectivity index (χ0v) is 16.9. The summed E-state index contributed by atoms with van der Waals surface area (Å²) in [5.41, 5.74) is 0.685. The first-order valence-electron chi connectivity index (χ1n) is 9.80. The zero-order chi connectivity index (χ0) is 21.5. The Balaban J connectivity index is 1.40. The predicted octanol–water partition coefficient (Wildman–Crippen LogP) is 3.03. The second kappa shape index (κ2) is 10.3. The molecular formula is C21H25F2N3O4. The van der Waals surface area contributed by atoms with Gasteiger partial charge in [-0.2, -0.15) is 14.4 Å². The number of amides is 1. The fourth-order valence-electron chi connectivity index (χ4n) is 3.08. The van der Waals surface area contributed by atoms with Crippen LogP contribution >= 0.6 is 0 Å². The van der Waals surface area contributed by atoms with Gasteiger partial charge in [0.15, 0.2) is 0 Å². The van der Waals surface area contributed by atoms with Crippen molar-refractivity contribution in [2.24, 2.45) is 5.92 Å². The van der Waals surface area contributed by atoms with Gasteiger partial charge in [-0.25, -0.2) is 4.39 Å². The molecule has 0 radical (unpaired) electrons. The summed E-state index contributed by atoms with van der Waals surface area (Å²) in [6.07, 6.45) is 2.88. The van der Waals surface area contributed by atoms with E-state index in [9.17, 15) is 13.6 Å². The van der Waals surface area contributed by atoms with E-state index >= 15 is 0 Å². The number of nitrogens with one attached hydrogen (secondary N) is 1. The molecule has 0 saturated heterocycles. The van der Waals surface area contributed by atoms with Gasteiger partial charge in [-0.15, -0.1) is 0 Å². The average molecular weight is 421 g/mol. The van der Waals surface area contributed by atoms with Gasteiger partial charge in [0, 0.05) is 13.0 Å². The van der Waals surface area contributed by atoms with Gasteiger partial charge in [-0.05, 0) is 43.4 Å². The maximum atomic E-state index is 14.5. The third-order valence-electron chi connectivity index (χ3n) is 4.69. The second-order valence-corrected chi connectivity index (χ2v) is 7.42. The lowest BCUT2D eigenvalue weighted by molar-refractivity contribution is -0.120. The van der Waals surface area contributed by atoms with Crippen LogP contribution in [-0.2, 0) is 16.1 Å². The molecule has 2 aromatic rings. The number of ether oxygens (including phenoxy) is 3. The van der Waals surface area contributed by atoms with Crippen molar-refractivity contribution in [2.45, 2.75) is 45.4 Å². The lowest BCUT2D eigenvalue weighted by Gasteiger charge is -2.35. The first-order valence-corrected chi connectivity index (χ1v) is 9.80. The number of carbonyl (C=O) groups is 1. The fraction of sp³-hybridized carbons (Fsp3) is 0.476. The van der Waals surface area contributed by atoms with E-state index in [-0.39, 0.29) is 48.2 Å². The molecule has 0 unspecified atom stereocenters. The highest BCUT2D eigenvalue weighted by Gasteiger charge is 2.31. The molecule has 1 N–H and O–H groups in total. The van der Waals surface area contributed by atoms with Crippen molar-refractivity contribution in [2.75, 3.05) is 13.2 Å². The van der Waals surface area contributed by atoms with Crippen molar-refractivity contribution in [1.82, 2.24) is 15.3 Å². The van der Waals surface area contributed by atoms with E-state index in [4.69, 9.17) is 14.2 Å². The van der Waals surface area contributed by atoms with Crippen LogP contribution in [0.25, 0.3) is 0 Å². The van der Waals surface area contributed by atoms with E-state index in [2.05, 4.69) is 15.3 Å². The van der Waals surface area contributed by atoms with Crippen LogP contribution in [0.15, 0.2) is 30.6 Å². The molecule has 30 heavy (non-hydrogen) atoms. The van der Waals surface area contributed by atoms with Crippen molar-refractivity contribution in [3.05, 3.63) is 47.8 Å². The molecule has 0 bridgehead atoms. The molecule has 3 rings (SSSR count). The summed E-state index contributed by atoms with van der Waals surface area (Å²) in [5.74, 6) is -1.35. The Kier molecular flexibility index (Phi) is 7.51. The summed E-state index contributed by atoms with van der Waals surface area (Å²) in [6, 6.07) is 5.68.